The minimum atomic E-state index is -1.12. The van der Waals surface area contributed by atoms with Gasteiger partial charge in [0.1, 0.15) is 5.82 Å². The molecule has 0 bridgehead atoms. The van der Waals surface area contributed by atoms with E-state index in [2.05, 4.69) is 15.6 Å². The average molecular weight is 561 g/mol. The monoisotopic (exact) mass is 560 g/mol. The number of carbonyl (C=O) groups excluding carboxylic acids is 2. The van der Waals surface area contributed by atoms with E-state index in [0.717, 1.165) is 36.8 Å². The number of nitrogens with zero attached hydrogens (tertiary/aromatic N) is 2. The van der Waals surface area contributed by atoms with Crippen LogP contribution in [0.4, 0.5) is 14.9 Å². The van der Waals surface area contributed by atoms with E-state index in [1.54, 1.807) is 56.1 Å². The topological polar surface area (TPSA) is 112 Å². The molecule has 1 aromatic heterocycles. The van der Waals surface area contributed by atoms with E-state index in [9.17, 15) is 18.8 Å². The van der Waals surface area contributed by atoms with E-state index in [4.69, 9.17) is 5.11 Å². The summed E-state index contributed by atoms with van der Waals surface area (Å²) < 4.78 is 15.0. The van der Waals surface area contributed by atoms with Crippen LogP contribution >= 0.6 is 0 Å². The van der Waals surface area contributed by atoms with Crippen molar-refractivity contribution in [2.24, 2.45) is 5.92 Å². The normalized spacial score (nSPS) is 17.0. The molecule has 0 atom stereocenters. The molecule has 1 fully saturated rings. The van der Waals surface area contributed by atoms with Crippen molar-refractivity contribution in [1.82, 2.24) is 15.2 Å². The van der Waals surface area contributed by atoms with Crippen molar-refractivity contribution in [1.29, 1.82) is 0 Å². The standard InChI is InChI=1S/C32H37FN4O4/c1-20(38)37(4)25-15-9-21(10-16-25)17-29(39)35-24-18-27(26-7-5-6-8-28(26)33)30(34-19-24)22-11-13-23(14-12-22)32(2,3)36-31(40)41/h5-8,11-14,18-19,21,25,36H,9-10,15-17H2,1-4H3,(H,35,39)(H,40,41). The number of carbonyl (C=O) groups is 3. The lowest BCUT2D eigenvalue weighted by molar-refractivity contribution is -0.130. The third-order valence-corrected chi connectivity index (χ3v) is 7.97. The first-order valence-electron chi connectivity index (χ1n) is 13.8. The third-order valence-electron chi connectivity index (χ3n) is 7.97. The van der Waals surface area contributed by atoms with Crippen LogP contribution in [-0.4, -0.2) is 46.0 Å². The Morgan fingerprint density at radius 3 is 2.29 bits per heavy atom. The molecule has 3 aromatic rings. The fraction of sp³-hybridized carbons (Fsp3) is 0.375. The van der Waals surface area contributed by atoms with Crippen molar-refractivity contribution in [2.75, 3.05) is 12.4 Å². The van der Waals surface area contributed by atoms with Gasteiger partial charge >= 0.3 is 6.09 Å². The molecule has 0 radical (unpaired) electrons. The molecular formula is C32H37FN4O4. The SMILES string of the molecule is CC(=O)N(C)C1CCC(CC(=O)Nc2cnc(-c3ccc(C(C)(C)NC(=O)O)cc3)c(-c3ccccc3F)c2)CC1. The molecule has 0 aliphatic heterocycles. The van der Waals surface area contributed by atoms with Crippen molar-refractivity contribution >= 4 is 23.6 Å². The highest BCUT2D eigenvalue weighted by Gasteiger charge is 2.27. The molecular weight excluding hydrogens is 523 g/mol. The summed E-state index contributed by atoms with van der Waals surface area (Å²) in [7, 11) is 1.83. The van der Waals surface area contributed by atoms with Gasteiger partial charge in [-0.2, -0.15) is 0 Å². The van der Waals surface area contributed by atoms with Crippen LogP contribution < -0.4 is 10.6 Å². The van der Waals surface area contributed by atoms with Crippen LogP contribution in [0.5, 0.6) is 0 Å². The van der Waals surface area contributed by atoms with Gasteiger partial charge in [-0.1, -0.05) is 42.5 Å². The minimum absolute atomic E-state index is 0.0581. The lowest BCUT2D eigenvalue weighted by Crippen LogP contribution is -2.39. The molecule has 0 unspecified atom stereocenters. The second-order valence-electron chi connectivity index (χ2n) is 11.3. The molecule has 4 rings (SSSR count). The van der Waals surface area contributed by atoms with Crippen LogP contribution in [0.1, 0.15) is 58.4 Å². The predicted molar refractivity (Wildman–Crippen MR) is 157 cm³/mol. The summed E-state index contributed by atoms with van der Waals surface area (Å²) in [5.41, 5.74) is 2.59. The van der Waals surface area contributed by atoms with Crippen LogP contribution in [0.3, 0.4) is 0 Å². The van der Waals surface area contributed by atoms with Gasteiger partial charge in [0.15, 0.2) is 0 Å². The summed E-state index contributed by atoms with van der Waals surface area (Å²) >= 11 is 0. The Hall–Kier alpha value is -4.27. The largest absolute Gasteiger partial charge is 0.465 e. The fourth-order valence-electron chi connectivity index (χ4n) is 5.50. The molecule has 8 nitrogen and oxygen atoms in total. The smallest absolute Gasteiger partial charge is 0.405 e. The number of hydrogen-bond acceptors (Lipinski definition) is 4. The van der Waals surface area contributed by atoms with Crippen molar-refractivity contribution in [3.05, 3.63) is 72.2 Å². The summed E-state index contributed by atoms with van der Waals surface area (Å²) in [5, 5.41) is 14.6. The highest BCUT2D eigenvalue weighted by molar-refractivity contribution is 5.93. The summed E-state index contributed by atoms with van der Waals surface area (Å²) in [6.45, 7) is 5.11. The van der Waals surface area contributed by atoms with Gasteiger partial charge < -0.3 is 20.6 Å². The lowest BCUT2D eigenvalue weighted by Gasteiger charge is -2.34. The van der Waals surface area contributed by atoms with E-state index in [-0.39, 0.29) is 23.8 Å². The molecule has 216 valence electrons. The van der Waals surface area contributed by atoms with Gasteiger partial charge in [0.05, 0.1) is 23.1 Å². The van der Waals surface area contributed by atoms with Crippen molar-refractivity contribution in [3.8, 4) is 22.4 Å². The maximum Gasteiger partial charge on any atom is 0.405 e. The first-order chi connectivity index (χ1) is 19.4. The Morgan fingerprint density at radius 2 is 1.68 bits per heavy atom. The second-order valence-corrected chi connectivity index (χ2v) is 11.3. The molecule has 1 aliphatic carbocycles. The van der Waals surface area contributed by atoms with Crippen LogP contribution in [0.15, 0.2) is 60.8 Å². The Bertz CT molecular complexity index is 1420. The molecule has 9 heteroatoms. The number of benzene rings is 2. The van der Waals surface area contributed by atoms with Crippen LogP contribution in [-0.2, 0) is 15.1 Å². The maximum atomic E-state index is 15.0. The van der Waals surface area contributed by atoms with Gasteiger partial charge in [0.2, 0.25) is 11.8 Å². The lowest BCUT2D eigenvalue weighted by atomic mass is 9.83. The zero-order chi connectivity index (χ0) is 29.7. The number of amides is 3. The van der Waals surface area contributed by atoms with Gasteiger partial charge in [-0.15, -0.1) is 0 Å². The zero-order valence-corrected chi connectivity index (χ0v) is 23.9. The van der Waals surface area contributed by atoms with Crippen LogP contribution in [0.25, 0.3) is 22.4 Å². The van der Waals surface area contributed by atoms with Gasteiger partial charge in [-0.05, 0) is 63.1 Å². The molecule has 1 aliphatic rings. The predicted octanol–water partition coefficient (Wildman–Crippen LogP) is 6.42. The highest BCUT2D eigenvalue weighted by Crippen LogP contribution is 2.35. The maximum absolute atomic E-state index is 15.0. The summed E-state index contributed by atoms with van der Waals surface area (Å²) in [4.78, 5) is 42.2. The molecule has 0 saturated heterocycles. The number of rotatable bonds is 8. The van der Waals surface area contributed by atoms with Gasteiger partial charge in [0.25, 0.3) is 0 Å². The van der Waals surface area contributed by atoms with Crippen molar-refractivity contribution < 1.29 is 23.9 Å². The number of aromatic nitrogens is 1. The number of hydrogen-bond donors (Lipinski definition) is 3. The van der Waals surface area contributed by atoms with E-state index in [0.29, 0.717) is 28.9 Å². The molecule has 0 spiro atoms. The zero-order valence-electron chi connectivity index (χ0n) is 23.9. The highest BCUT2D eigenvalue weighted by atomic mass is 19.1. The summed E-state index contributed by atoms with van der Waals surface area (Å²) in [6.07, 6.45) is 4.33. The van der Waals surface area contributed by atoms with Crippen molar-refractivity contribution in [3.63, 3.8) is 0 Å². The first-order valence-corrected chi connectivity index (χ1v) is 13.8. The first kappa shape index (κ1) is 29.7. The Labute approximate surface area is 240 Å². The van der Waals surface area contributed by atoms with Gasteiger partial charge in [-0.25, -0.2) is 9.18 Å². The average Bonchev–Trinajstić information content (AvgIpc) is 2.92. The molecule has 1 saturated carbocycles. The number of halogens is 1. The Balaban J connectivity index is 1.54. The van der Waals surface area contributed by atoms with Crippen LogP contribution in [0.2, 0.25) is 0 Å². The van der Waals surface area contributed by atoms with Crippen molar-refractivity contribution in [2.45, 2.75) is 64.5 Å². The third kappa shape index (κ3) is 7.28. The van der Waals surface area contributed by atoms with Gasteiger partial charge in [0, 0.05) is 43.1 Å². The van der Waals surface area contributed by atoms with Gasteiger partial charge in [-0.3, -0.25) is 14.6 Å². The number of carboxylic acid groups (broad SMARTS) is 1. The molecule has 3 N–H and O–H groups in total. The summed E-state index contributed by atoms with van der Waals surface area (Å²) in [5.74, 6) is -0.235. The number of nitrogens with one attached hydrogen (secondary N) is 2. The van der Waals surface area contributed by atoms with E-state index < -0.39 is 17.4 Å². The molecule has 2 aromatic carbocycles. The minimum Gasteiger partial charge on any atom is -0.465 e. The number of pyridine rings is 1. The van der Waals surface area contributed by atoms with E-state index in [1.165, 1.54) is 6.07 Å². The van der Waals surface area contributed by atoms with Crippen LogP contribution in [0, 0.1) is 11.7 Å². The molecule has 1 heterocycles. The molecule has 3 amide bonds. The van der Waals surface area contributed by atoms with E-state index in [1.807, 2.05) is 31.3 Å². The quantitative estimate of drug-likeness (QED) is 0.294. The number of anilines is 1. The fourth-order valence-corrected chi connectivity index (χ4v) is 5.50. The summed E-state index contributed by atoms with van der Waals surface area (Å²) in [6, 6.07) is 15.7. The Kier molecular flexibility index (Phi) is 9.05. The molecule has 41 heavy (non-hydrogen) atoms. The second kappa shape index (κ2) is 12.5. The van der Waals surface area contributed by atoms with E-state index >= 15 is 0 Å². The Morgan fingerprint density at radius 1 is 1.02 bits per heavy atom.